The molecule has 104 valence electrons. The molecule has 1 N–H and O–H groups in total. The average Bonchev–Trinajstić information content (AvgIpc) is 3.26. The molecule has 2 saturated carbocycles. The predicted octanol–water partition coefficient (Wildman–Crippen LogP) is 3.35. The van der Waals surface area contributed by atoms with Crippen LogP contribution in [-0.4, -0.2) is 19.4 Å². The second kappa shape index (κ2) is 6.12. The molecule has 0 radical (unpaired) electrons. The number of rotatable bonds is 8. The molecule has 0 bridgehead atoms. The number of hydrogen-bond donors (Lipinski definition) is 1. The Hall–Kier alpha value is -0.770. The minimum absolute atomic E-state index is 0.313. The van der Waals surface area contributed by atoms with E-state index in [-0.39, 0.29) is 0 Å². The Morgan fingerprint density at radius 3 is 2.79 bits per heavy atom. The van der Waals surface area contributed by atoms with Gasteiger partial charge in [-0.05, 0) is 43.7 Å². The van der Waals surface area contributed by atoms with Gasteiger partial charge in [-0.1, -0.05) is 17.7 Å². The Labute approximate surface area is 119 Å². The Morgan fingerprint density at radius 1 is 1.21 bits per heavy atom. The molecular formula is C15H20ClNO2. The van der Waals surface area contributed by atoms with Gasteiger partial charge in [0.2, 0.25) is 0 Å². The third-order valence-corrected chi connectivity index (χ3v) is 3.92. The van der Waals surface area contributed by atoms with Gasteiger partial charge in [-0.2, -0.15) is 0 Å². The first-order valence-corrected chi connectivity index (χ1v) is 7.42. The van der Waals surface area contributed by atoms with Crippen molar-refractivity contribution >= 4 is 11.6 Å². The molecule has 0 unspecified atom stereocenters. The molecule has 0 aliphatic heterocycles. The normalized spacial score (nSPS) is 18.6. The molecule has 3 nitrogen and oxygen atoms in total. The molecule has 0 heterocycles. The van der Waals surface area contributed by atoms with Gasteiger partial charge >= 0.3 is 0 Å². The first-order valence-electron chi connectivity index (χ1n) is 7.04. The van der Waals surface area contributed by atoms with E-state index in [0.29, 0.717) is 12.8 Å². The minimum atomic E-state index is 0.313. The van der Waals surface area contributed by atoms with E-state index < -0.39 is 0 Å². The summed E-state index contributed by atoms with van der Waals surface area (Å²) >= 11 is 6.25. The largest absolute Gasteiger partial charge is 0.467 e. The molecule has 0 aromatic heterocycles. The lowest BCUT2D eigenvalue weighted by atomic mass is 10.2. The summed E-state index contributed by atoms with van der Waals surface area (Å²) in [5.74, 6) is 1.59. The minimum Gasteiger partial charge on any atom is -0.467 e. The first kappa shape index (κ1) is 13.2. The molecule has 1 aromatic carbocycles. The zero-order valence-corrected chi connectivity index (χ0v) is 11.8. The zero-order valence-electron chi connectivity index (χ0n) is 11.0. The maximum absolute atomic E-state index is 6.25. The highest BCUT2D eigenvalue weighted by molar-refractivity contribution is 6.31. The highest BCUT2D eigenvalue weighted by atomic mass is 35.5. The van der Waals surface area contributed by atoms with Crippen LogP contribution < -0.4 is 10.1 Å². The predicted molar refractivity (Wildman–Crippen MR) is 75.5 cm³/mol. The summed E-state index contributed by atoms with van der Waals surface area (Å²) < 4.78 is 11.2. The van der Waals surface area contributed by atoms with Crippen LogP contribution in [-0.2, 0) is 11.3 Å². The number of halogens is 1. The summed E-state index contributed by atoms with van der Waals surface area (Å²) in [5.41, 5.74) is 1.03. The number of nitrogens with one attached hydrogen (secondary N) is 1. The van der Waals surface area contributed by atoms with Gasteiger partial charge in [0.25, 0.3) is 0 Å². The molecule has 0 amide bonds. The molecule has 2 aliphatic carbocycles. The summed E-state index contributed by atoms with van der Waals surface area (Å²) in [6.45, 7) is 1.89. The summed E-state index contributed by atoms with van der Waals surface area (Å²) in [6, 6.07) is 6.44. The Kier molecular flexibility index (Phi) is 4.26. The van der Waals surface area contributed by atoms with E-state index in [1.165, 1.54) is 25.7 Å². The summed E-state index contributed by atoms with van der Waals surface area (Å²) in [6.07, 6.45) is 5.14. The number of hydrogen-bond acceptors (Lipinski definition) is 3. The molecule has 4 heteroatoms. The van der Waals surface area contributed by atoms with Crippen molar-refractivity contribution in [1.29, 1.82) is 0 Å². The van der Waals surface area contributed by atoms with E-state index in [2.05, 4.69) is 5.32 Å². The van der Waals surface area contributed by atoms with Crippen LogP contribution in [0.15, 0.2) is 18.2 Å². The van der Waals surface area contributed by atoms with Crippen LogP contribution in [0, 0.1) is 5.92 Å². The summed E-state index contributed by atoms with van der Waals surface area (Å²) in [7, 11) is 0. The van der Waals surface area contributed by atoms with Gasteiger partial charge in [0.05, 0.1) is 6.61 Å². The second-order valence-electron chi connectivity index (χ2n) is 5.45. The van der Waals surface area contributed by atoms with Crippen LogP contribution in [0.25, 0.3) is 0 Å². The van der Waals surface area contributed by atoms with Crippen molar-refractivity contribution in [2.45, 2.75) is 38.3 Å². The Morgan fingerprint density at radius 2 is 2.05 bits per heavy atom. The molecule has 19 heavy (non-hydrogen) atoms. The number of ether oxygens (including phenoxy) is 2. The van der Waals surface area contributed by atoms with Crippen LogP contribution in [0.2, 0.25) is 5.02 Å². The molecule has 0 saturated heterocycles. The van der Waals surface area contributed by atoms with Gasteiger partial charge in [-0.3, -0.25) is 0 Å². The Bertz CT molecular complexity index is 430. The van der Waals surface area contributed by atoms with E-state index in [1.54, 1.807) is 0 Å². The lowest BCUT2D eigenvalue weighted by Gasteiger charge is -2.13. The second-order valence-corrected chi connectivity index (χ2v) is 5.86. The van der Waals surface area contributed by atoms with Gasteiger partial charge in [0.1, 0.15) is 5.75 Å². The smallest absolute Gasteiger partial charge is 0.189 e. The van der Waals surface area contributed by atoms with Gasteiger partial charge < -0.3 is 14.8 Å². The molecule has 2 fully saturated rings. The third kappa shape index (κ3) is 4.10. The van der Waals surface area contributed by atoms with Crippen LogP contribution in [0.3, 0.4) is 0 Å². The van der Waals surface area contributed by atoms with Crippen LogP contribution in [0.5, 0.6) is 5.75 Å². The van der Waals surface area contributed by atoms with Crippen LogP contribution in [0.4, 0.5) is 0 Å². The quantitative estimate of drug-likeness (QED) is 0.585. The fourth-order valence-electron chi connectivity index (χ4n) is 1.98. The fraction of sp³-hybridized carbons (Fsp3) is 0.600. The third-order valence-electron chi connectivity index (χ3n) is 3.57. The fourth-order valence-corrected chi connectivity index (χ4v) is 2.22. The molecule has 0 atom stereocenters. The summed E-state index contributed by atoms with van der Waals surface area (Å²) in [4.78, 5) is 0. The van der Waals surface area contributed by atoms with Crippen molar-refractivity contribution in [2.75, 3.05) is 13.4 Å². The lowest BCUT2D eigenvalue weighted by molar-refractivity contribution is 0.00942. The van der Waals surface area contributed by atoms with Gasteiger partial charge in [0.15, 0.2) is 6.79 Å². The highest BCUT2D eigenvalue weighted by Gasteiger charge is 2.22. The summed E-state index contributed by atoms with van der Waals surface area (Å²) in [5, 5.41) is 4.22. The Balaban J connectivity index is 1.52. The average molecular weight is 282 g/mol. The van der Waals surface area contributed by atoms with Crippen molar-refractivity contribution in [3.63, 3.8) is 0 Å². The number of benzene rings is 1. The van der Waals surface area contributed by atoms with Crippen molar-refractivity contribution in [3.8, 4) is 5.75 Å². The van der Waals surface area contributed by atoms with E-state index >= 15 is 0 Å². The van der Waals surface area contributed by atoms with Crippen molar-refractivity contribution in [2.24, 2.45) is 5.92 Å². The highest BCUT2D eigenvalue weighted by Crippen LogP contribution is 2.30. The topological polar surface area (TPSA) is 30.5 Å². The monoisotopic (exact) mass is 281 g/mol. The van der Waals surface area contributed by atoms with E-state index in [1.807, 2.05) is 18.2 Å². The van der Waals surface area contributed by atoms with Crippen molar-refractivity contribution in [3.05, 3.63) is 28.8 Å². The lowest BCUT2D eigenvalue weighted by Crippen LogP contribution is -2.17. The van der Waals surface area contributed by atoms with E-state index in [9.17, 15) is 0 Å². The van der Waals surface area contributed by atoms with E-state index in [0.717, 1.165) is 35.4 Å². The first-order chi connectivity index (χ1) is 9.33. The van der Waals surface area contributed by atoms with Gasteiger partial charge in [0, 0.05) is 23.2 Å². The SMILES string of the molecule is Clc1cccc(OCOCC2CC2)c1CNC1CC1. The molecule has 3 rings (SSSR count). The van der Waals surface area contributed by atoms with Crippen molar-refractivity contribution < 1.29 is 9.47 Å². The van der Waals surface area contributed by atoms with Gasteiger partial charge in [-0.15, -0.1) is 0 Å². The molecular weight excluding hydrogens is 262 g/mol. The standard InChI is InChI=1S/C15H20ClNO2/c16-14-2-1-3-15(13(14)8-17-12-6-7-12)19-10-18-9-11-4-5-11/h1-3,11-12,17H,4-10H2. The maximum Gasteiger partial charge on any atom is 0.189 e. The van der Waals surface area contributed by atoms with E-state index in [4.69, 9.17) is 21.1 Å². The zero-order chi connectivity index (χ0) is 13.1. The van der Waals surface area contributed by atoms with Crippen LogP contribution >= 0.6 is 11.6 Å². The molecule has 1 aromatic rings. The van der Waals surface area contributed by atoms with Crippen LogP contribution in [0.1, 0.15) is 31.2 Å². The molecule has 0 spiro atoms. The maximum atomic E-state index is 6.25. The van der Waals surface area contributed by atoms with Crippen molar-refractivity contribution in [1.82, 2.24) is 5.32 Å². The van der Waals surface area contributed by atoms with Gasteiger partial charge in [-0.25, -0.2) is 0 Å². The molecule has 2 aliphatic rings.